The Morgan fingerprint density at radius 3 is 2.62 bits per heavy atom. The number of nitrogens with zero attached hydrogens (tertiary/aromatic N) is 2. The van der Waals surface area contributed by atoms with E-state index in [9.17, 15) is 8.42 Å². The lowest BCUT2D eigenvalue weighted by atomic mass is 9.89. The van der Waals surface area contributed by atoms with Gasteiger partial charge in [0.05, 0.1) is 0 Å². The van der Waals surface area contributed by atoms with Crippen LogP contribution in [-0.2, 0) is 10.0 Å². The van der Waals surface area contributed by atoms with E-state index in [1.165, 1.54) is 4.31 Å². The number of nitrogen functional groups attached to an aromatic ring is 1. The summed E-state index contributed by atoms with van der Waals surface area (Å²) in [5, 5.41) is 0. The maximum atomic E-state index is 13.0. The maximum Gasteiger partial charge on any atom is 0.246 e. The first kappa shape index (κ1) is 16.9. The topological polar surface area (TPSA) is 102 Å². The van der Waals surface area contributed by atoms with Crippen LogP contribution in [0.5, 0.6) is 0 Å². The monoisotopic (exact) mass is 346 g/mol. The Kier molecular flexibility index (Phi) is 4.58. The number of nitrogens with two attached hydrogens (primary N) is 2. The molecule has 1 aliphatic rings. The molecule has 24 heavy (non-hydrogen) atoms. The highest BCUT2D eigenvalue weighted by molar-refractivity contribution is 7.89. The fourth-order valence-corrected chi connectivity index (χ4v) is 4.92. The van der Waals surface area contributed by atoms with E-state index >= 15 is 0 Å². The van der Waals surface area contributed by atoms with Crippen molar-refractivity contribution in [3.8, 4) is 0 Å². The van der Waals surface area contributed by atoms with Gasteiger partial charge in [-0.2, -0.15) is 4.31 Å². The molecule has 1 aliphatic heterocycles. The predicted octanol–water partition coefficient (Wildman–Crippen LogP) is 1.34. The normalized spacial score (nSPS) is 21.9. The summed E-state index contributed by atoms with van der Waals surface area (Å²) >= 11 is 0. The van der Waals surface area contributed by atoms with Gasteiger partial charge in [-0.1, -0.05) is 30.3 Å². The van der Waals surface area contributed by atoms with E-state index in [1.54, 1.807) is 19.2 Å². The first-order valence-electron chi connectivity index (χ1n) is 7.90. The third kappa shape index (κ3) is 3.02. The van der Waals surface area contributed by atoms with Crippen LogP contribution in [0.2, 0.25) is 0 Å². The van der Waals surface area contributed by atoms with E-state index in [1.807, 2.05) is 30.3 Å². The number of rotatable bonds is 4. The number of anilines is 1. The number of hydrogen-bond acceptors (Lipinski definition) is 5. The van der Waals surface area contributed by atoms with Crippen molar-refractivity contribution in [1.82, 2.24) is 9.29 Å². The Balaban J connectivity index is 1.94. The smallest absolute Gasteiger partial charge is 0.246 e. The van der Waals surface area contributed by atoms with E-state index in [-0.39, 0.29) is 22.5 Å². The molecule has 3 rings (SSSR count). The molecule has 0 radical (unpaired) electrons. The summed E-state index contributed by atoms with van der Waals surface area (Å²) in [6.07, 6.45) is 1.56. The van der Waals surface area contributed by atoms with Crippen LogP contribution < -0.4 is 11.5 Å². The van der Waals surface area contributed by atoms with Gasteiger partial charge in [-0.05, 0) is 36.6 Å². The van der Waals surface area contributed by atoms with Crippen molar-refractivity contribution >= 4 is 15.8 Å². The number of sulfonamides is 1. The molecule has 7 heteroatoms. The predicted molar refractivity (Wildman–Crippen MR) is 93.9 cm³/mol. The number of aromatic nitrogens is 1. The Bertz CT molecular complexity index is 824. The fraction of sp³-hybridized carbons (Fsp3) is 0.353. The SMILES string of the molecule is Cc1cnc(N)c(S(=O)(=O)N2C[C@@H](CN)[C@H](c3ccccc3)C2)c1. The first-order chi connectivity index (χ1) is 11.4. The molecule has 0 bridgehead atoms. The lowest BCUT2D eigenvalue weighted by Gasteiger charge is -2.18. The summed E-state index contributed by atoms with van der Waals surface area (Å²) in [5.74, 6) is 0.208. The minimum absolute atomic E-state index is 0.0352. The van der Waals surface area contributed by atoms with E-state index in [0.717, 1.165) is 11.1 Å². The van der Waals surface area contributed by atoms with E-state index < -0.39 is 10.0 Å². The highest BCUT2D eigenvalue weighted by Gasteiger charge is 2.40. The third-order valence-electron chi connectivity index (χ3n) is 4.57. The molecular formula is C17H22N4O2S. The van der Waals surface area contributed by atoms with Gasteiger partial charge >= 0.3 is 0 Å². The number of benzene rings is 1. The molecule has 1 aromatic heterocycles. The Hall–Kier alpha value is -1.96. The Morgan fingerprint density at radius 2 is 1.96 bits per heavy atom. The molecule has 1 saturated heterocycles. The number of aryl methyl sites for hydroxylation is 1. The third-order valence-corrected chi connectivity index (χ3v) is 6.44. The summed E-state index contributed by atoms with van der Waals surface area (Å²) in [6.45, 7) is 3.03. The van der Waals surface area contributed by atoms with Gasteiger partial charge in [0.25, 0.3) is 0 Å². The van der Waals surface area contributed by atoms with Crippen molar-refractivity contribution < 1.29 is 8.42 Å². The second-order valence-corrected chi connectivity index (χ2v) is 8.14. The molecule has 1 aromatic carbocycles. The zero-order valence-corrected chi connectivity index (χ0v) is 14.4. The van der Waals surface area contributed by atoms with Gasteiger partial charge < -0.3 is 11.5 Å². The molecule has 2 atom stereocenters. The van der Waals surface area contributed by atoms with Crippen molar-refractivity contribution in [2.24, 2.45) is 11.7 Å². The zero-order valence-electron chi connectivity index (χ0n) is 13.6. The molecule has 0 unspecified atom stereocenters. The summed E-state index contributed by atoms with van der Waals surface area (Å²) in [4.78, 5) is 4.06. The van der Waals surface area contributed by atoms with Crippen molar-refractivity contribution in [3.63, 3.8) is 0 Å². The number of pyridine rings is 1. The zero-order chi connectivity index (χ0) is 17.3. The quantitative estimate of drug-likeness (QED) is 0.869. The second kappa shape index (κ2) is 6.51. The molecule has 128 valence electrons. The number of hydrogen-bond donors (Lipinski definition) is 2. The van der Waals surface area contributed by atoms with Crippen LogP contribution in [0.4, 0.5) is 5.82 Å². The molecular weight excluding hydrogens is 324 g/mol. The minimum atomic E-state index is -3.69. The molecule has 4 N–H and O–H groups in total. The summed E-state index contributed by atoms with van der Waals surface area (Å²) < 4.78 is 27.5. The Labute approximate surface area is 142 Å². The van der Waals surface area contributed by atoms with Crippen molar-refractivity contribution in [2.75, 3.05) is 25.4 Å². The van der Waals surface area contributed by atoms with Crippen LogP contribution in [0.15, 0.2) is 47.5 Å². The van der Waals surface area contributed by atoms with E-state index in [4.69, 9.17) is 11.5 Å². The maximum absolute atomic E-state index is 13.0. The van der Waals surface area contributed by atoms with Crippen LogP contribution in [0.3, 0.4) is 0 Å². The molecule has 0 saturated carbocycles. The average Bonchev–Trinajstić information content (AvgIpc) is 3.03. The lowest BCUT2D eigenvalue weighted by molar-refractivity contribution is 0.459. The van der Waals surface area contributed by atoms with Gasteiger partial charge in [0.2, 0.25) is 10.0 Å². The van der Waals surface area contributed by atoms with Gasteiger partial charge in [-0.3, -0.25) is 0 Å². The average molecular weight is 346 g/mol. The highest BCUT2D eigenvalue weighted by Crippen LogP contribution is 2.35. The van der Waals surface area contributed by atoms with Crippen LogP contribution in [0, 0.1) is 12.8 Å². The summed E-state index contributed by atoms with van der Waals surface area (Å²) in [5.41, 5.74) is 13.6. The second-order valence-electron chi connectivity index (χ2n) is 6.23. The van der Waals surface area contributed by atoms with Crippen LogP contribution in [0.1, 0.15) is 17.0 Å². The van der Waals surface area contributed by atoms with Crippen LogP contribution in [0.25, 0.3) is 0 Å². The van der Waals surface area contributed by atoms with E-state index in [0.29, 0.717) is 19.6 Å². The molecule has 0 aliphatic carbocycles. The van der Waals surface area contributed by atoms with Gasteiger partial charge in [-0.15, -0.1) is 0 Å². The van der Waals surface area contributed by atoms with Crippen molar-refractivity contribution in [2.45, 2.75) is 17.7 Å². The molecule has 6 nitrogen and oxygen atoms in total. The first-order valence-corrected chi connectivity index (χ1v) is 9.34. The van der Waals surface area contributed by atoms with Crippen LogP contribution in [-0.4, -0.2) is 37.3 Å². The largest absolute Gasteiger partial charge is 0.383 e. The minimum Gasteiger partial charge on any atom is -0.383 e. The lowest BCUT2D eigenvalue weighted by Crippen LogP contribution is -2.30. The molecule has 0 amide bonds. The van der Waals surface area contributed by atoms with Gasteiger partial charge in [0.1, 0.15) is 10.7 Å². The molecule has 1 fully saturated rings. The van der Waals surface area contributed by atoms with Gasteiger partial charge in [0, 0.05) is 25.2 Å². The Morgan fingerprint density at radius 1 is 1.25 bits per heavy atom. The van der Waals surface area contributed by atoms with Crippen molar-refractivity contribution in [3.05, 3.63) is 53.7 Å². The van der Waals surface area contributed by atoms with Gasteiger partial charge in [0.15, 0.2) is 0 Å². The van der Waals surface area contributed by atoms with Crippen molar-refractivity contribution in [1.29, 1.82) is 0 Å². The molecule has 0 spiro atoms. The standard InChI is InChI=1S/C17H22N4O2S/c1-12-7-16(17(19)20-9-12)24(22,23)21-10-14(8-18)15(11-21)13-5-3-2-4-6-13/h2-7,9,14-15H,8,10-11,18H2,1H3,(H2,19,20)/t14-,15+/m1/s1. The molecule has 2 heterocycles. The molecule has 2 aromatic rings. The fourth-order valence-electron chi connectivity index (χ4n) is 3.24. The summed E-state index contributed by atoms with van der Waals surface area (Å²) in [7, 11) is -3.69. The summed E-state index contributed by atoms with van der Waals surface area (Å²) in [6, 6.07) is 11.5. The van der Waals surface area contributed by atoms with Crippen LogP contribution >= 0.6 is 0 Å². The van der Waals surface area contributed by atoms with Gasteiger partial charge in [-0.25, -0.2) is 13.4 Å². The highest BCUT2D eigenvalue weighted by atomic mass is 32.2. The van der Waals surface area contributed by atoms with E-state index in [2.05, 4.69) is 4.98 Å².